The van der Waals surface area contributed by atoms with E-state index in [1.807, 2.05) is 0 Å². The summed E-state index contributed by atoms with van der Waals surface area (Å²) in [5, 5.41) is 6.93. The normalized spacial score (nSPS) is 10.5. The molecule has 22 heavy (non-hydrogen) atoms. The first-order valence-corrected chi connectivity index (χ1v) is 6.83. The van der Waals surface area contributed by atoms with Gasteiger partial charge in [0, 0.05) is 17.3 Å². The second-order valence-electron chi connectivity index (χ2n) is 4.54. The SMILES string of the molecule is Cc1noc(-c2ccc(C(=O)Nc3ccc(Cl)cn3)cc2)n1. The topological polar surface area (TPSA) is 80.9 Å². The van der Waals surface area contributed by atoms with Gasteiger partial charge in [-0.15, -0.1) is 0 Å². The zero-order valence-electron chi connectivity index (χ0n) is 11.6. The highest BCUT2D eigenvalue weighted by Gasteiger charge is 2.10. The number of hydrogen-bond acceptors (Lipinski definition) is 5. The van der Waals surface area contributed by atoms with Crippen molar-refractivity contribution in [2.75, 3.05) is 5.32 Å². The first kappa shape index (κ1) is 14.2. The van der Waals surface area contributed by atoms with Gasteiger partial charge < -0.3 is 9.84 Å². The largest absolute Gasteiger partial charge is 0.334 e. The number of carbonyl (C=O) groups excluding carboxylic acids is 1. The van der Waals surface area contributed by atoms with Crippen molar-refractivity contribution in [1.82, 2.24) is 15.1 Å². The minimum Gasteiger partial charge on any atom is -0.334 e. The van der Waals surface area contributed by atoms with Gasteiger partial charge in [-0.25, -0.2) is 4.98 Å². The Morgan fingerprint density at radius 2 is 1.95 bits per heavy atom. The maximum Gasteiger partial charge on any atom is 0.257 e. The van der Waals surface area contributed by atoms with Crippen LogP contribution in [0.1, 0.15) is 16.2 Å². The maximum atomic E-state index is 12.1. The number of benzene rings is 1. The highest BCUT2D eigenvalue weighted by molar-refractivity contribution is 6.30. The quantitative estimate of drug-likeness (QED) is 0.801. The molecule has 3 rings (SSSR count). The lowest BCUT2D eigenvalue weighted by atomic mass is 10.1. The number of anilines is 1. The fourth-order valence-electron chi connectivity index (χ4n) is 1.82. The first-order chi connectivity index (χ1) is 10.6. The summed E-state index contributed by atoms with van der Waals surface area (Å²) in [7, 11) is 0. The van der Waals surface area contributed by atoms with Crippen molar-refractivity contribution in [1.29, 1.82) is 0 Å². The van der Waals surface area contributed by atoms with E-state index in [1.165, 1.54) is 6.20 Å². The second kappa shape index (κ2) is 5.95. The molecule has 1 N–H and O–H groups in total. The van der Waals surface area contributed by atoms with Crippen molar-refractivity contribution in [3.8, 4) is 11.5 Å². The predicted molar refractivity (Wildman–Crippen MR) is 81.7 cm³/mol. The van der Waals surface area contributed by atoms with E-state index in [4.69, 9.17) is 16.1 Å². The molecule has 1 aromatic carbocycles. The second-order valence-corrected chi connectivity index (χ2v) is 4.98. The first-order valence-electron chi connectivity index (χ1n) is 6.45. The van der Waals surface area contributed by atoms with E-state index < -0.39 is 0 Å². The van der Waals surface area contributed by atoms with E-state index >= 15 is 0 Å². The fraction of sp³-hybridized carbons (Fsp3) is 0.0667. The maximum absolute atomic E-state index is 12.1. The molecule has 1 amide bonds. The minimum atomic E-state index is -0.261. The summed E-state index contributed by atoms with van der Waals surface area (Å²) in [6, 6.07) is 10.1. The lowest BCUT2D eigenvalue weighted by Gasteiger charge is -2.04. The Kier molecular flexibility index (Phi) is 3.84. The van der Waals surface area contributed by atoms with Crippen molar-refractivity contribution >= 4 is 23.3 Å². The average molecular weight is 315 g/mol. The molecule has 0 aliphatic rings. The number of pyridine rings is 1. The van der Waals surface area contributed by atoms with E-state index in [9.17, 15) is 4.79 Å². The molecule has 0 spiro atoms. The van der Waals surface area contributed by atoms with Gasteiger partial charge in [-0.2, -0.15) is 4.98 Å². The van der Waals surface area contributed by atoms with Crippen LogP contribution < -0.4 is 5.32 Å². The highest BCUT2D eigenvalue weighted by atomic mass is 35.5. The summed E-state index contributed by atoms with van der Waals surface area (Å²) in [5.74, 6) is 1.16. The summed E-state index contributed by atoms with van der Waals surface area (Å²) < 4.78 is 5.07. The van der Waals surface area contributed by atoms with Crippen LogP contribution in [-0.2, 0) is 0 Å². The number of hydrogen-bond donors (Lipinski definition) is 1. The summed E-state index contributed by atoms with van der Waals surface area (Å²) in [5.41, 5.74) is 1.25. The molecule has 0 saturated carbocycles. The molecule has 0 saturated heterocycles. The Bertz CT molecular complexity index is 797. The monoisotopic (exact) mass is 314 g/mol. The van der Waals surface area contributed by atoms with E-state index in [0.717, 1.165) is 5.56 Å². The Hall–Kier alpha value is -2.73. The summed E-state index contributed by atoms with van der Waals surface area (Å²) >= 11 is 5.75. The number of nitrogens with zero attached hydrogens (tertiary/aromatic N) is 3. The van der Waals surface area contributed by atoms with Gasteiger partial charge in [-0.05, 0) is 43.3 Å². The summed E-state index contributed by atoms with van der Waals surface area (Å²) in [6.07, 6.45) is 1.47. The molecule has 0 radical (unpaired) electrons. The van der Waals surface area contributed by atoms with E-state index in [-0.39, 0.29) is 5.91 Å². The molecular weight excluding hydrogens is 304 g/mol. The van der Waals surface area contributed by atoms with E-state index in [2.05, 4.69) is 20.4 Å². The molecule has 6 nitrogen and oxygen atoms in total. The molecule has 2 heterocycles. The van der Waals surface area contributed by atoms with Crippen LogP contribution in [-0.4, -0.2) is 21.0 Å². The number of halogens is 1. The van der Waals surface area contributed by atoms with Gasteiger partial charge in [0.1, 0.15) is 5.82 Å². The number of aromatic nitrogens is 3. The van der Waals surface area contributed by atoms with Crippen LogP contribution in [0.15, 0.2) is 47.1 Å². The number of nitrogens with one attached hydrogen (secondary N) is 1. The van der Waals surface area contributed by atoms with E-state index in [1.54, 1.807) is 43.3 Å². The van der Waals surface area contributed by atoms with Gasteiger partial charge in [0.15, 0.2) is 5.82 Å². The van der Waals surface area contributed by atoms with Crippen molar-refractivity contribution in [3.63, 3.8) is 0 Å². The van der Waals surface area contributed by atoms with Crippen molar-refractivity contribution in [2.45, 2.75) is 6.92 Å². The molecule has 2 aromatic heterocycles. The molecule has 3 aromatic rings. The third-order valence-electron chi connectivity index (χ3n) is 2.89. The Morgan fingerprint density at radius 3 is 2.55 bits per heavy atom. The van der Waals surface area contributed by atoms with Gasteiger partial charge in [-0.3, -0.25) is 4.79 Å². The van der Waals surface area contributed by atoms with Gasteiger partial charge in [-0.1, -0.05) is 16.8 Å². The molecule has 0 fully saturated rings. The van der Waals surface area contributed by atoms with Crippen LogP contribution in [0.5, 0.6) is 0 Å². The van der Waals surface area contributed by atoms with Gasteiger partial charge >= 0.3 is 0 Å². The zero-order valence-corrected chi connectivity index (χ0v) is 12.3. The van der Waals surface area contributed by atoms with Crippen LogP contribution in [0.2, 0.25) is 5.02 Å². The minimum absolute atomic E-state index is 0.261. The number of aryl methyl sites for hydroxylation is 1. The van der Waals surface area contributed by atoms with Crippen LogP contribution in [0.25, 0.3) is 11.5 Å². The lowest BCUT2D eigenvalue weighted by Crippen LogP contribution is -2.12. The van der Waals surface area contributed by atoms with Gasteiger partial charge in [0.2, 0.25) is 0 Å². The van der Waals surface area contributed by atoms with Crippen LogP contribution in [0.3, 0.4) is 0 Å². The number of rotatable bonds is 3. The smallest absolute Gasteiger partial charge is 0.257 e. The lowest BCUT2D eigenvalue weighted by molar-refractivity contribution is 0.102. The Balaban J connectivity index is 1.74. The van der Waals surface area contributed by atoms with Crippen molar-refractivity contribution in [2.24, 2.45) is 0 Å². The van der Waals surface area contributed by atoms with Crippen molar-refractivity contribution < 1.29 is 9.32 Å². The molecular formula is C15H11ClN4O2. The standard InChI is InChI=1S/C15H11ClN4O2/c1-9-18-15(22-20-9)11-4-2-10(3-5-11)14(21)19-13-7-6-12(16)8-17-13/h2-8H,1H3,(H,17,19,21). The zero-order chi connectivity index (χ0) is 15.5. The molecule has 0 unspecified atom stereocenters. The van der Waals surface area contributed by atoms with Crippen LogP contribution in [0.4, 0.5) is 5.82 Å². The third kappa shape index (κ3) is 3.12. The third-order valence-corrected chi connectivity index (χ3v) is 3.11. The molecule has 0 aliphatic heterocycles. The molecule has 0 atom stereocenters. The van der Waals surface area contributed by atoms with Gasteiger partial charge in [0.05, 0.1) is 5.02 Å². The molecule has 7 heteroatoms. The Morgan fingerprint density at radius 1 is 1.18 bits per heavy atom. The van der Waals surface area contributed by atoms with Crippen LogP contribution in [0, 0.1) is 6.92 Å². The average Bonchev–Trinajstić information content (AvgIpc) is 2.96. The number of carbonyl (C=O) groups is 1. The highest BCUT2D eigenvalue weighted by Crippen LogP contribution is 2.18. The summed E-state index contributed by atoms with van der Waals surface area (Å²) in [6.45, 7) is 1.74. The molecule has 110 valence electrons. The predicted octanol–water partition coefficient (Wildman–Crippen LogP) is 3.35. The van der Waals surface area contributed by atoms with E-state index in [0.29, 0.717) is 28.1 Å². The summed E-state index contributed by atoms with van der Waals surface area (Å²) in [4.78, 5) is 20.3. The number of amides is 1. The molecule has 0 aliphatic carbocycles. The van der Waals surface area contributed by atoms with Crippen LogP contribution >= 0.6 is 11.6 Å². The van der Waals surface area contributed by atoms with Gasteiger partial charge in [0.25, 0.3) is 11.8 Å². The fourth-order valence-corrected chi connectivity index (χ4v) is 1.93. The van der Waals surface area contributed by atoms with Crippen molar-refractivity contribution in [3.05, 3.63) is 59.0 Å². The molecule has 0 bridgehead atoms. The Labute approximate surface area is 131 Å².